The number of likely N-dealkylation sites (tertiary alicyclic amines) is 1. The number of rotatable bonds is 13. The summed E-state index contributed by atoms with van der Waals surface area (Å²) in [6.45, 7) is 8.81. The van der Waals surface area contributed by atoms with Crippen molar-refractivity contribution in [3.63, 3.8) is 0 Å². The number of aliphatic hydroxyl groups excluding tert-OH is 1. The lowest BCUT2D eigenvalue weighted by atomic mass is 9.70. The number of hydrogen-bond donors (Lipinski definition) is 2. The zero-order valence-electron chi connectivity index (χ0n) is 22.8. The number of benzene rings is 1. The van der Waals surface area contributed by atoms with Crippen molar-refractivity contribution < 1.29 is 33.8 Å². The predicted octanol–water partition coefficient (Wildman–Crippen LogP) is 2.61. The molecule has 0 radical (unpaired) electrons. The molecule has 2 N–H and O–H groups in total. The lowest BCUT2D eigenvalue weighted by Gasteiger charge is -2.37. The van der Waals surface area contributed by atoms with Gasteiger partial charge in [-0.15, -0.1) is 13.2 Å². The number of amides is 3. The summed E-state index contributed by atoms with van der Waals surface area (Å²) in [5.74, 6) is -3.62. The maximum absolute atomic E-state index is 14.3. The Morgan fingerprint density at radius 2 is 2.02 bits per heavy atom. The van der Waals surface area contributed by atoms with E-state index in [9.17, 15) is 24.3 Å². The van der Waals surface area contributed by atoms with E-state index in [0.29, 0.717) is 23.6 Å². The third-order valence-corrected chi connectivity index (χ3v) is 8.93. The second kappa shape index (κ2) is 13.1. The molecule has 10 nitrogen and oxygen atoms in total. The first-order valence-electron chi connectivity index (χ1n) is 13.6. The van der Waals surface area contributed by atoms with Crippen molar-refractivity contribution in [3.05, 3.63) is 54.6 Å². The molecule has 3 aliphatic heterocycles. The topological polar surface area (TPSA) is 125 Å². The van der Waals surface area contributed by atoms with E-state index >= 15 is 0 Å². The second-order valence-electron chi connectivity index (χ2n) is 10.5. The van der Waals surface area contributed by atoms with E-state index in [-0.39, 0.29) is 43.4 Å². The van der Waals surface area contributed by atoms with Crippen LogP contribution in [0.4, 0.5) is 5.69 Å². The number of halogens is 2. The molecule has 3 fully saturated rings. The molecule has 3 saturated heterocycles. The number of carbonyl (C=O) groups excluding carboxylic acids is 4. The highest BCUT2D eigenvalue weighted by atomic mass is 79.9. The number of nitrogens with zero attached hydrogens (tertiary/aromatic N) is 2. The average molecular weight is 653 g/mol. The Hall–Kier alpha value is -2.73. The van der Waals surface area contributed by atoms with Crippen LogP contribution in [0, 0.1) is 11.8 Å². The number of allylic oxidation sites excluding steroid dienone is 1. The molecule has 222 valence electrons. The minimum Gasteiger partial charge on any atom is -0.460 e. The summed E-state index contributed by atoms with van der Waals surface area (Å²) in [6, 6.07) is 5.63. The molecule has 3 amide bonds. The van der Waals surface area contributed by atoms with Crippen molar-refractivity contribution in [2.75, 3.05) is 31.1 Å². The van der Waals surface area contributed by atoms with Gasteiger partial charge in [0.15, 0.2) is 0 Å². The van der Waals surface area contributed by atoms with Crippen molar-refractivity contribution in [2.24, 2.45) is 11.8 Å². The number of β-amino-alcohol motifs (C(OH)–C–C–N with tert-alkyl or cyclic N) is 1. The van der Waals surface area contributed by atoms with Crippen LogP contribution >= 0.6 is 27.5 Å². The van der Waals surface area contributed by atoms with Crippen LogP contribution in [0.25, 0.3) is 0 Å². The first-order valence-corrected chi connectivity index (χ1v) is 14.9. The monoisotopic (exact) mass is 651 g/mol. The zero-order valence-corrected chi connectivity index (χ0v) is 25.2. The fraction of sp³-hybridized carbons (Fsp3) is 0.517. The summed E-state index contributed by atoms with van der Waals surface area (Å²) < 4.78 is 12.1. The quantitative estimate of drug-likeness (QED) is 0.191. The Kier molecular flexibility index (Phi) is 9.94. The van der Waals surface area contributed by atoms with Gasteiger partial charge in [0.2, 0.25) is 11.8 Å². The molecular weight excluding hydrogens is 618 g/mol. The Balaban J connectivity index is 1.61. The van der Waals surface area contributed by atoms with Gasteiger partial charge in [-0.1, -0.05) is 39.7 Å². The average Bonchev–Trinajstić information content (AvgIpc) is 3.53. The van der Waals surface area contributed by atoms with Crippen molar-refractivity contribution in [1.82, 2.24) is 10.2 Å². The zero-order chi connectivity index (χ0) is 29.9. The molecule has 12 heteroatoms. The largest absolute Gasteiger partial charge is 0.460 e. The molecular formula is C29H35BrClN3O7. The number of aliphatic hydroxyl groups is 1. The summed E-state index contributed by atoms with van der Waals surface area (Å²) in [7, 11) is 0. The molecule has 0 aromatic heterocycles. The van der Waals surface area contributed by atoms with E-state index in [1.165, 1.54) is 9.80 Å². The van der Waals surface area contributed by atoms with Gasteiger partial charge in [-0.3, -0.25) is 19.2 Å². The van der Waals surface area contributed by atoms with Crippen LogP contribution in [0.2, 0.25) is 5.02 Å². The number of ether oxygens (including phenoxy) is 2. The van der Waals surface area contributed by atoms with E-state index in [1.807, 2.05) is 0 Å². The van der Waals surface area contributed by atoms with E-state index in [1.54, 1.807) is 43.3 Å². The van der Waals surface area contributed by atoms with Crippen LogP contribution in [-0.4, -0.2) is 88.6 Å². The lowest BCUT2D eigenvalue weighted by Crippen LogP contribution is -2.57. The van der Waals surface area contributed by atoms with Gasteiger partial charge >= 0.3 is 5.97 Å². The maximum atomic E-state index is 14.3. The molecule has 0 saturated carbocycles. The van der Waals surface area contributed by atoms with Gasteiger partial charge < -0.3 is 29.7 Å². The van der Waals surface area contributed by atoms with Gasteiger partial charge in [0, 0.05) is 35.0 Å². The van der Waals surface area contributed by atoms with Crippen LogP contribution < -0.4 is 10.2 Å². The third-order valence-electron chi connectivity index (χ3n) is 7.83. The van der Waals surface area contributed by atoms with Gasteiger partial charge in [-0.25, -0.2) is 0 Å². The SMILES string of the molecule is C=CCCC(=O)NC[C@H](C)OC(=O)[C@H]1[C@@H]2O[C@@]3(CC2Br)[C@@H]1C(=O)N(CCO)[C@@H]3C(=O)N(CC=C)c1ccc(Cl)cc1. The van der Waals surface area contributed by atoms with Crippen LogP contribution in [0.1, 0.15) is 26.2 Å². The first kappa shape index (κ1) is 31.2. The number of hydrogen-bond acceptors (Lipinski definition) is 7. The van der Waals surface area contributed by atoms with Crippen molar-refractivity contribution in [2.45, 2.75) is 54.9 Å². The molecule has 0 aliphatic carbocycles. The highest BCUT2D eigenvalue weighted by Gasteiger charge is 2.77. The lowest BCUT2D eigenvalue weighted by molar-refractivity contribution is -0.159. The molecule has 1 unspecified atom stereocenters. The molecule has 4 rings (SSSR count). The number of carbonyl (C=O) groups is 4. The Morgan fingerprint density at radius 3 is 2.66 bits per heavy atom. The summed E-state index contributed by atoms with van der Waals surface area (Å²) >= 11 is 9.68. The van der Waals surface area contributed by atoms with Crippen molar-refractivity contribution >= 4 is 56.9 Å². The predicted molar refractivity (Wildman–Crippen MR) is 156 cm³/mol. The van der Waals surface area contributed by atoms with Crippen LogP contribution in [0.3, 0.4) is 0 Å². The van der Waals surface area contributed by atoms with Gasteiger partial charge in [-0.2, -0.15) is 0 Å². The third kappa shape index (κ3) is 5.95. The molecule has 1 aromatic rings. The van der Waals surface area contributed by atoms with Crippen LogP contribution in [0.5, 0.6) is 0 Å². The number of alkyl halides is 1. The Bertz CT molecular complexity index is 1200. The molecule has 3 aliphatic rings. The standard InChI is InChI=1S/C29H35BrClN3O7/c1-4-6-7-21(36)32-16-17(3)40-28(39)22-23-26(37)34(13-14-35)25(29(23)15-20(30)24(22)41-29)27(38)33(12-5-2)19-10-8-18(31)9-11-19/h4-5,8-11,17,20,22-25,35H,1-2,6-7,12-16H2,3H3,(H,32,36)/t17-,20?,22+,23-,24+,25+,29-/m0/s1. The highest BCUT2D eigenvalue weighted by Crippen LogP contribution is 2.60. The summed E-state index contributed by atoms with van der Waals surface area (Å²) in [6.07, 6.45) is 3.00. The van der Waals surface area contributed by atoms with Crippen LogP contribution in [-0.2, 0) is 28.7 Å². The molecule has 41 heavy (non-hydrogen) atoms. The molecule has 1 spiro atoms. The molecule has 7 atom stereocenters. The van der Waals surface area contributed by atoms with E-state index in [0.717, 1.165) is 0 Å². The Labute approximate surface area is 252 Å². The smallest absolute Gasteiger partial charge is 0.312 e. The second-order valence-corrected chi connectivity index (χ2v) is 12.1. The number of nitrogens with one attached hydrogen (secondary N) is 1. The highest BCUT2D eigenvalue weighted by molar-refractivity contribution is 9.09. The van der Waals surface area contributed by atoms with E-state index in [4.69, 9.17) is 21.1 Å². The Morgan fingerprint density at radius 1 is 1.32 bits per heavy atom. The van der Waals surface area contributed by atoms with Gasteiger partial charge in [0.1, 0.15) is 17.7 Å². The number of fused-ring (bicyclic) bond motifs is 1. The minimum absolute atomic E-state index is 0.105. The maximum Gasteiger partial charge on any atom is 0.312 e. The number of esters is 1. The fourth-order valence-corrected chi connectivity index (χ4v) is 7.21. The summed E-state index contributed by atoms with van der Waals surface area (Å²) in [5, 5.41) is 13.1. The molecule has 2 bridgehead atoms. The van der Waals surface area contributed by atoms with Crippen molar-refractivity contribution in [3.8, 4) is 0 Å². The fourth-order valence-electron chi connectivity index (χ4n) is 6.14. The first-order chi connectivity index (χ1) is 19.6. The van der Waals surface area contributed by atoms with E-state index < -0.39 is 53.5 Å². The van der Waals surface area contributed by atoms with E-state index in [2.05, 4.69) is 34.4 Å². The molecule has 1 aromatic carbocycles. The van der Waals surface area contributed by atoms with Gasteiger partial charge in [0.25, 0.3) is 5.91 Å². The van der Waals surface area contributed by atoms with Gasteiger partial charge in [0.05, 0.1) is 31.1 Å². The molecule has 3 heterocycles. The van der Waals surface area contributed by atoms with Crippen LogP contribution in [0.15, 0.2) is 49.6 Å². The summed E-state index contributed by atoms with van der Waals surface area (Å²) in [5.41, 5.74) is -0.752. The summed E-state index contributed by atoms with van der Waals surface area (Å²) in [4.78, 5) is 56.2. The number of anilines is 1. The minimum atomic E-state index is -1.31. The normalized spacial score (nSPS) is 28.6. The van der Waals surface area contributed by atoms with Crippen molar-refractivity contribution in [1.29, 1.82) is 0 Å². The van der Waals surface area contributed by atoms with Gasteiger partial charge in [-0.05, 0) is 44.0 Å².